The zero-order valence-electron chi connectivity index (χ0n) is 10.2. The first-order chi connectivity index (χ1) is 9.27. The van der Waals surface area contributed by atoms with Gasteiger partial charge in [-0.1, -0.05) is 24.3 Å². The molecule has 2 aromatic rings. The van der Waals surface area contributed by atoms with E-state index in [1.807, 2.05) is 12.1 Å². The normalized spacial score (nSPS) is 18.7. The fraction of sp³-hybridized carbons (Fsp3) is 0.143. The molecule has 0 saturated carbocycles. The summed E-state index contributed by atoms with van der Waals surface area (Å²) in [7, 11) is 0. The molecule has 0 atom stereocenters. The van der Waals surface area contributed by atoms with Crippen LogP contribution in [-0.4, -0.2) is 9.72 Å². The molecule has 1 aliphatic rings. The van der Waals surface area contributed by atoms with Gasteiger partial charge >= 0.3 is 0 Å². The molecule has 0 spiro atoms. The SMILES string of the molecule is [O-]/[N+]1=[N+](\[O-])c2ccccc2COCc2ccccc21. The number of para-hydroxylation sites is 2. The highest BCUT2D eigenvalue weighted by Gasteiger charge is 2.24. The Hall–Kier alpha value is -2.40. The first kappa shape index (κ1) is 11.7. The molecule has 96 valence electrons. The number of nitrogens with zero attached hydrogens (tertiary/aromatic N) is 2. The van der Waals surface area contributed by atoms with E-state index in [0.717, 1.165) is 0 Å². The van der Waals surface area contributed by atoms with E-state index in [9.17, 15) is 10.4 Å². The topological polar surface area (TPSA) is 61.4 Å². The highest BCUT2D eigenvalue weighted by molar-refractivity contribution is 5.41. The first-order valence-corrected chi connectivity index (χ1v) is 5.95. The molecule has 2 aromatic carbocycles. The van der Waals surface area contributed by atoms with Gasteiger partial charge in [0, 0.05) is 12.1 Å². The Morgan fingerprint density at radius 1 is 0.737 bits per heavy atom. The van der Waals surface area contributed by atoms with Crippen LogP contribution in [0.4, 0.5) is 11.4 Å². The van der Waals surface area contributed by atoms with Gasteiger partial charge in [-0.3, -0.25) is 0 Å². The highest BCUT2D eigenvalue weighted by Crippen LogP contribution is 2.26. The Morgan fingerprint density at radius 2 is 1.16 bits per heavy atom. The maximum atomic E-state index is 12.2. The van der Waals surface area contributed by atoms with E-state index in [0.29, 0.717) is 45.4 Å². The number of hydrogen-bond donors (Lipinski definition) is 0. The molecule has 5 heteroatoms. The van der Waals surface area contributed by atoms with E-state index in [2.05, 4.69) is 0 Å². The minimum Gasteiger partial charge on any atom is -0.561 e. The molecule has 0 aliphatic carbocycles. The number of fused-ring (bicyclic) bond motifs is 2. The molecule has 5 nitrogen and oxygen atoms in total. The van der Waals surface area contributed by atoms with Crippen molar-refractivity contribution in [3.63, 3.8) is 0 Å². The maximum Gasteiger partial charge on any atom is 0.293 e. The number of azo groups is 1. The van der Waals surface area contributed by atoms with E-state index >= 15 is 0 Å². The van der Waals surface area contributed by atoms with Crippen molar-refractivity contribution in [1.82, 2.24) is 0 Å². The van der Waals surface area contributed by atoms with Crippen LogP contribution in [0.25, 0.3) is 0 Å². The second kappa shape index (κ2) is 4.70. The Balaban J connectivity index is 2.23. The van der Waals surface area contributed by atoms with Gasteiger partial charge < -0.3 is 15.2 Å². The zero-order chi connectivity index (χ0) is 13.2. The summed E-state index contributed by atoms with van der Waals surface area (Å²) in [5.41, 5.74) is 2.03. The Morgan fingerprint density at radius 3 is 1.63 bits per heavy atom. The van der Waals surface area contributed by atoms with Gasteiger partial charge in [0.15, 0.2) is 0 Å². The summed E-state index contributed by atoms with van der Waals surface area (Å²) in [5, 5.41) is 24.4. The van der Waals surface area contributed by atoms with Gasteiger partial charge in [0.1, 0.15) is 0 Å². The van der Waals surface area contributed by atoms with Gasteiger partial charge in [-0.25, -0.2) is 0 Å². The van der Waals surface area contributed by atoms with E-state index in [1.165, 1.54) is 0 Å². The second-order valence-corrected chi connectivity index (χ2v) is 4.30. The fourth-order valence-electron chi connectivity index (χ4n) is 2.11. The van der Waals surface area contributed by atoms with Gasteiger partial charge in [-0.2, -0.15) is 0 Å². The fourth-order valence-corrected chi connectivity index (χ4v) is 2.11. The van der Waals surface area contributed by atoms with Crippen LogP contribution in [0.2, 0.25) is 0 Å². The van der Waals surface area contributed by atoms with Crippen LogP contribution < -0.4 is 0 Å². The van der Waals surface area contributed by atoms with Crippen molar-refractivity contribution < 1.29 is 14.5 Å². The van der Waals surface area contributed by atoms with Crippen LogP contribution in [0.5, 0.6) is 0 Å². The summed E-state index contributed by atoms with van der Waals surface area (Å²) in [6.07, 6.45) is 0. The Bertz CT molecular complexity index is 597. The average Bonchev–Trinajstić information content (AvgIpc) is 2.51. The van der Waals surface area contributed by atoms with Crippen LogP contribution in [0.1, 0.15) is 11.1 Å². The third-order valence-corrected chi connectivity index (χ3v) is 3.08. The van der Waals surface area contributed by atoms with Crippen LogP contribution in [0.15, 0.2) is 48.5 Å². The van der Waals surface area contributed by atoms with Gasteiger partial charge in [0.25, 0.3) is 11.4 Å². The van der Waals surface area contributed by atoms with Crippen LogP contribution in [-0.2, 0) is 18.0 Å². The van der Waals surface area contributed by atoms with Gasteiger partial charge in [0.05, 0.1) is 34.1 Å². The molecule has 1 heterocycles. The quantitative estimate of drug-likeness (QED) is 0.537. The molecule has 0 unspecified atom stereocenters. The van der Waals surface area contributed by atoms with Gasteiger partial charge in [-0.15, -0.1) is 0 Å². The molecule has 0 aromatic heterocycles. The van der Waals surface area contributed by atoms with Gasteiger partial charge in [0.2, 0.25) is 0 Å². The second-order valence-electron chi connectivity index (χ2n) is 4.30. The smallest absolute Gasteiger partial charge is 0.293 e. The van der Waals surface area contributed by atoms with Crippen molar-refractivity contribution in [2.75, 3.05) is 0 Å². The van der Waals surface area contributed by atoms with E-state index in [1.54, 1.807) is 36.4 Å². The number of ether oxygens (including phenoxy) is 1. The maximum absolute atomic E-state index is 12.2. The zero-order valence-corrected chi connectivity index (χ0v) is 10.2. The molecule has 19 heavy (non-hydrogen) atoms. The summed E-state index contributed by atoms with van der Waals surface area (Å²) in [6, 6.07) is 13.9. The van der Waals surface area contributed by atoms with E-state index < -0.39 is 0 Å². The minimum atomic E-state index is 0.303. The summed E-state index contributed by atoms with van der Waals surface area (Å²) in [6.45, 7) is 0.605. The monoisotopic (exact) mass is 256 g/mol. The third kappa shape index (κ3) is 2.04. The highest BCUT2D eigenvalue weighted by atomic mass is 16.6. The Kier molecular flexibility index (Phi) is 2.89. The molecular weight excluding hydrogens is 244 g/mol. The number of benzene rings is 2. The molecule has 0 radical (unpaired) electrons. The molecule has 3 rings (SSSR count). The number of rotatable bonds is 0. The van der Waals surface area contributed by atoms with Crippen LogP contribution in [0.3, 0.4) is 0 Å². The predicted octanol–water partition coefficient (Wildman–Crippen LogP) is 3.15. The summed E-state index contributed by atoms with van der Waals surface area (Å²) >= 11 is 0. The molecular formula is C14H12N2O3. The van der Waals surface area contributed by atoms with Crippen LogP contribution in [0, 0.1) is 10.4 Å². The lowest BCUT2D eigenvalue weighted by molar-refractivity contribution is -0.896. The molecule has 0 bridgehead atoms. The van der Waals surface area contributed by atoms with Gasteiger partial charge in [-0.05, 0) is 12.1 Å². The average molecular weight is 256 g/mol. The lowest BCUT2D eigenvalue weighted by Crippen LogP contribution is -2.10. The van der Waals surface area contributed by atoms with Crippen LogP contribution >= 0.6 is 0 Å². The summed E-state index contributed by atoms with van der Waals surface area (Å²) < 4.78 is 5.57. The molecule has 0 amide bonds. The molecule has 1 aliphatic heterocycles. The largest absolute Gasteiger partial charge is 0.561 e. The third-order valence-electron chi connectivity index (χ3n) is 3.08. The van der Waals surface area contributed by atoms with E-state index in [-0.39, 0.29) is 0 Å². The number of hydrogen-bond acceptors (Lipinski definition) is 3. The van der Waals surface area contributed by atoms with E-state index in [4.69, 9.17) is 4.74 Å². The predicted molar refractivity (Wildman–Crippen MR) is 68.0 cm³/mol. The standard InChI is InChI=1S/C14H12N2O3/c17-15-13-7-3-1-5-11(13)9-19-10-12-6-2-4-8-14(12)16(15)18/h1-8H,9-10H2/b16-15-. The van der Waals surface area contributed by atoms with Crippen molar-refractivity contribution in [3.05, 3.63) is 70.1 Å². The van der Waals surface area contributed by atoms with Crippen molar-refractivity contribution in [2.24, 2.45) is 0 Å². The molecule has 0 saturated heterocycles. The van der Waals surface area contributed by atoms with Crippen molar-refractivity contribution in [1.29, 1.82) is 0 Å². The van der Waals surface area contributed by atoms with Crippen molar-refractivity contribution in [3.8, 4) is 0 Å². The minimum absolute atomic E-state index is 0.303. The van der Waals surface area contributed by atoms with Crippen molar-refractivity contribution >= 4 is 11.4 Å². The molecule has 0 fully saturated rings. The molecule has 0 N–H and O–H groups in total. The lowest BCUT2D eigenvalue weighted by atomic mass is 10.2. The lowest BCUT2D eigenvalue weighted by Gasteiger charge is -2.05. The summed E-state index contributed by atoms with van der Waals surface area (Å²) in [5.74, 6) is 0. The first-order valence-electron chi connectivity index (χ1n) is 5.95. The van der Waals surface area contributed by atoms with Crippen molar-refractivity contribution in [2.45, 2.75) is 13.2 Å². The Labute approximate surface area is 110 Å². The summed E-state index contributed by atoms with van der Waals surface area (Å²) in [4.78, 5) is 0.728.